The fraction of sp³-hybridized carbons (Fsp3) is 0.217. The summed E-state index contributed by atoms with van der Waals surface area (Å²) in [7, 11) is 3.08. The molecule has 1 aliphatic heterocycles. The van der Waals surface area contributed by atoms with Crippen molar-refractivity contribution in [1.82, 2.24) is 4.98 Å². The number of ether oxygens (including phenoxy) is 3. The Kier molecular flexibility index (Phi) is 5.72. The SMILES string of the molecule is COc1cc(C2c3ccc4ccc(NC(C)=O)nc4c3OC(=N)C2C#N)cc(Br)c1OC. The molecule has 8 nitrogen and oxygen atoms in total. The molecule has 0 fully saturated rings. The average molecular weight is 495 g/mol. The van der Waals surface area contributed by atoms with Crippen molar-refractivity contribution in [2.45, 2.75) is 12.8 Å². The molecule has 0 bridgehead atoms. The van der Waals surface area contributed by atoms with Gasteiger partial charge in [-0.3, -0.25) is 10.2 Å². The van der Waals surface area contributed by atoms with Crippen LogP contribution < -0.4 is 19.5 Å². The summed E-state index contributed by atoms with van der Waals surface area (Å²) in [5, 5.41) is 21.7. The molecule has 0 spiro atoms. The first-order chi connectivity index (χ1) is 15.4. The summed E-state index contributed by atoms with van der Waals surface area (Å²) in [4.78, 5) is 16.0. The second-order valence-electron chi connectivity index (χ2n) is 7.22. The van der Waals surface area contributed by atoms with Crippen LogP contribution in [0.15, 0.2) is 40.9 Å². The number of carbonyl (C=O) groups excluding carboxylic acids is 1. The van der Waals surface area contributed by atoms with E-state index in [1.807, 2.05) is 24.3 Å². The summed E-state index contributed by atoms with van der Waals surface area (Å²) >= 11 is 3.51. The van der Waals surface area contributed by atoms with Crippen LogP contribution in [0.2, 0.25) is 0 Å². The number of carbonyl (C=O) groups is 1. The lowest BCUT2D eigenvalue weighted by molar-refractivity contribution is -0.114. The van der Waals surface area contributed by atoms with Crippen LogP contribution in [0, 0.1) is 22.7 Å². The highest BCUT2D eigenvalue weighted by atomic mass is 79.9. The number of nitriles is 1. The van der Waals surface area contributed by atoms with Gasteiger partial charge < -0.3 is 19.5 Å². The average Bonchev–Trinajstić information content (AvgIpc) is 2.77. The normalized spacial score (nSPS) is 17.2. The number of nitrogens with one attached hydrogen (secondary N) is 2. The molecule has 9 heteroatoms. The van der Waals surface area contributed by atoms with Crippen LogP contribution in [0.1, 0.15) is 24.0 Å². The summed E-state index contributed by atoms with van der Waals surface area (Å²) in [5.41, 5.74) is 1.97. The Bertz CT molecular complexity index is 1300. The zero-order valence-electron chi connectivity index (χ0n) is 17.5. The molecule has 2 heterocycles. The first-order valence-corrected chi connectivity index (χ1v) is 10.5. The van der Waals surface area contributed by atoms with Gasteiger partial charge >= 0.3 is 0 Å². The molecule has 2 N–H and O–H groups in total. The van der Waals surface area contributed by atoms with Crippen molar-refractivity contribution in [3.8, 4) is 23.3 Å². The number of pyridine rings is 1. The van der Waals surface area contributed by atoms with E-state index in [9.17, 15) is 10.1 Å². The van der Waals surface area contributed by atoms with E-state index in [1.165, 1.54) is 14.0 Å². The number of nitrogens with zero attached hydrogens (tertiary/aromatic N) is 2. The number of halogens is 1. The number of methoxy groups -OCH3 is 2. The number of benzene rings is 2. The summed E-state index contributed by atoms with van der Waals surface area (Å²) in [6, 6.07) is 13.1. The molecule has 2 aromatic carbocycles. The number of anilines is 1. The van der Waals surface area contributed by atoms with Crippen LogP contribution in [-0.4, -0.2) is 31.0 Å². The lowest BCUT2D eigenvalue weighted by Crippen LogP contribution is -2.31. The number of amides is 1. The third-order valence-electron chi connectivity index (χ3n) is 5.27. The molecule has 32 heavy (non-hydrogen) atoms. The largest absolute Gasteiger partial charge is 0.493 e. The highest BCUT2D eigenvalue weighted by molar-refractivity contribution is 9.10. The zero-order valence-corrected chi connectivity index (χ0v) is 19.1. The molecule has 0 saturated heterocycles. The van der Waals surface area contributed by atoms with Crippen molar-refractivity contribution in [2.75, 3.05) is 19.5 Å². The van der Waals surface area contributed by atoms with Gasteiger partial charge in [0, 0.05) is 23.8 Å². The Morgan fingerprint density at radius 2 is 2.00 bits per heavy atom. The van der Waals surface area contributed by atoms with Crippen LogP contribution in [0.25, 0.3) is 10.9 Å². The molecule has 1 amide bonds. The third-order valence-corrected chi connectivity index (χ3v) is 5.86. The molecular weight excluding hydrogens is 476 g/mol. The maximum absolute atomic E-state index is 11.5. The quantitative estimate of drug-likeness (QED) is 0.546. The topological polar surface area (TPSA) is 117 Å². The molecule has 0 aliphatic carbocycles. The van der Waals surface area contributed by atoms with Crippen LogP contribution in [0.3, 0.4) is 0 Å². The van der Waals surface area contributed by atoms with Gasteiger partial charge in [-0.15, -0.1) is 0 Å². The van der Waals surface area contributed by atoms with E-state index in [1.54, 1.807) is 19.2 Å². The van der Waals surface area contributed by atoms with Crippen LogP contribution in [-0.2, 0) is 4.79 Å². The van der Waals surface area contributed by atoms with Gasteiger partial charge in [-0.2, -0.15) is 5.26 Å². The second kappa shape index (κ2) is 8.48. The molecule has 162 valence electrons. The molecule has 0 saturated carbocycles. The summed E-state index contributed by atoms with van der Waals surface area (Å²) in [6.45, 7) is 1.40. The highest BCUT2D eigenvalue weighted by Gasteiger charge is 2.38. The van der Waals surface area contributed by atoms with E-state index in [-0.39, 0.29) is 11.8 Å². The van der Waals surface area contributed by atoms with Gasteiger partial charge in [-0.05, 0) is 45.8 Å². The Hall–Kier alpha value is -3.64. The Morgan fingerprint density at radius 3 is 2.66 bits per heavy atom. The lowest BCUT2D eigenvalue weighted by Gasteiger charge is -2.31. The van der Waals surface area contributed by atoms with E-state index < -0.39 is 11.8 Å². The van der Waals surface area contributed by atoms with E-state index in [0.717, 1.165) is 10.9 Å². The van der Waals surface area contributed by atoms with Gasteiger partial charge in [-0.1, -0.05) is 12.1 Å². The molecule has 1 aliphatic rings. The fourth-order valence-corrected chi connectivity index (χ4v) is 4.53. The summed E-state index contributed by atoms with van der Waals surface area (Å²) in [6.07, 6.45) is 0. The van der Waals surface area contributed by atoms with Gasteiger partial charge in [0.05, 0.1) is 24.8 Å². The van der Waals surface area contributed by atoms with Gasteiger partial charge in [0.1, 0.15) is 17.3 Å². The number of rotatable bonds is 4. The van der Waals surface area contributed by atoms with Gasteiger partial charge in [-0.25, -0.2) is 4.98 Å². The van der Waals surface area contributed by atoms with Gasteiger partial charge in [0.2, 0.25) is 11.8 Å². The number of hydrogen-bond acceptors (Lipinski definition) is 7. The van der Waals surface area contributed by atoms with E-state index in [4.69, 9.17) is 19.6 Å². The van der Waals surface area contributed by atoms with Crippen molar-refractivity contribution in [3.05, 3.63) is 52.0 Å². The van der Waals surface area contributed by atoms with Crippen molar-refractivity contribution in [2.24, 2.45) is 5.92 Å². The molecule has 4 rings (SSSR count). The lowest BCUT2D eigenvalue weighted by atomic mass is 9.78. The molecule has 2 unspecified atom stereocenters. The molecule has 1 aromatic heterocycles. The molecule has 2 atom stereocenters. The first kappa shape index (κ1) is 21.6. The Balaban J connectivity index is 1.96. The highest BCUT2D eigenvalue weighted by Crippen LogP contribution is 2.48. The van der Waals surface area contributed by atoms with Gasteiger partial charge in [0.25, 0.3) is 0 Å². The predicted molar refractivity (Wildman–Crippen MR) is 123 cm³/mol. The number of aromatic nitrogens is 1. The van der Waals surface area contributed by atoms with Crippen molar-refractivity contribution in [1.29, 1.82) is 10.7 Å². The number of hydrogen-bond donors (Lipinski definition) is 2. The first-order valence-electron chi connectivity index (χ1n) is 9.66. The maximum atomic E-state index is 11.5. The minimum Gasteiger partial charge on any atom is -0.493 e. The van der Waals surface area contributed by atoms with Crippen molar-refractivity contribution >= 4 is 44.5 Å². The van der Waals surface area contributed by atoms with E-state index >= 15 is 0 Å². The Morgan fingerprint density at radius 1 is 1.25 bits per heavy atom. The minimum absolute atomic E-state index is 0.171. The standard InChI is InChI=1S/C23H19BrN4O4/c1-11(29)27-18-7-5-12-4-6-14-19(13-8-16(24)22(31-3)17(9-13)30-2)15(10-25)23(26)32-21(14)20(12)28-18/h4-9,15,19,26H,1-3H3,(H,27,28,29). The smallest absolute Gasteiger partial charge is 0.222 e. The van der Waals surface area contributed by atoms with Crippen molar-refractivity contribution < 1.29 is 19.0 Å². The maximum Gasteiger partial charge on any atom is 0.222 e. The van der Waals surface area contributed by atoms with E-state index in [2.05, 4.69) is 32.3 Å². The summed E-state index contributed by atoms with van der Waals surface area (Å²) < 4.78 is 17.4. The minimum atomic E-state index is -0.844. The second-order valence-corrected chi connectivity index (χ2v) is 8.08. The van der Waals surface area contributed by atoms with Crippen LogP contribution in [0.5, 0.6) is 17.2 Å². The fourth-order valence-electron chi connectivity index (χ4n) is 3.91. The summed E-state index contributed by atoms with van der Waals surface area (Å²) in [5.74, 6) is 0.0465. The molecule has 0 radical (unpaired) electrons. The molecular formula is C23H19BrN4O4. The molecule has 3 aromatic rings. The van der Waals surface area contributed by atoms with E-state index in [0.29, 0.717) is 38.6 Å². The third kappa shape index (κ3) is 3.63. The van der Waals surface area contributed by atoms with Gasteiger partial charge in [0.15, 0.2) is 17.2 Å². The Labute approximate surface area is 192 Å². The monoisotopic (exact) mass is 494 g/mol. The zero-order chi connectivity index (χ0) is 23.0. The van der Waals surface area contributed by atoms with Crippen LogP contribution in [0.4, 0.5) is 5.82 Å². The van der Waals surface area contributed by atoms with Crippen LogP contribution >= 0.6 is 15.9 Å². The predicted octanol–water partition coefficient (Wildman–Crippen LogP) is 4.61. The number of fused-ring (bicyclic) bond motifs is 3. The van der Waals surface area contributed by atoms with Crippen molar-refractivity contribution in [3.63, 3.8) is 0 Å².